The Morgan fingerprint density at radius 2 is 0.765 bits per heavy atom. The van der Waals surface area contributed by atoms with E-state index in [0.717, 1.165) is 43.9 Å². The fraction of sp³-hybridized carbons (Fsp3) is 0. The van der Waals surface area contributed by atoms with Crippen molar-refractivity contribution in [2.75, 3.05) is 0 Å². The molecule has 3 aromatic carbocycles. The molecule has 0 atom stereocenters. The van der Waals surface area contributed by atoms with Gasteiger partial charge < -0.3 is 0 Å². The van der Waals surface area contributed by atoms with Crippen molar-refractivity contribution in [1.29, 1.82) is 0 Å². The van der Waals surface area contributed by atoms with Crippen LogP contribution in [0, 0.1) is 0 Å². The molecule has 4 heterocycles. The van der Waals surface area contributed by atoms with E-state index < -0.39 is 0 Å². The van der Waals surface area contributed by atoms with Crippen LogP contribution in [0.3, 0.4) is 0 Å². The van der Waals surface area contributed by atoms with Gasteiger partial charge in [-0.25, -0.2) is 19.9 Å². The van der Waals surface area contributed by atoms with Crippen molar-refractivity contribution in [3.05, 3.63) is 84.9 Å². The molecule has 7 aromatic rings. The predicted octanol–water partition coefficient (Wildman–Crippen LogP) is 4.79. The standard InChI is InChI=1S/C26H14N8/c1-3-7-19-17(5-1)29-25(33-31-19)21-13-11-15-9-10-16-12-14-22(28-24(16)23(15)27-21)26-30-18-6-2-4-8-20(18)32-34-26/h1-14H. The van der Waals surface area contributed by atoms with Crippen LogP contribution in [-0.2, 0) is 0 Å². The first-order valence-electron chi connectivity index (χ1n) is 10.7. The third-order valence-electron chi connectivity index (χ3n) is 5.70. The number of aromatic nitrogens is 8. The first kappa shape index (κ1) is 18.6. The molecule has 0 fully saturated rings. The topological polar surface area (TPSA) is 103 Å². The Morgan fingerprint density at radius 3 is 1.24 bits per heavy atom. The van der Waals surface area contributed by atoms with Gasteiger partial charge in [0.05, 0.1) is 22.1 Å². The highest BCUT2D eigenvalue weighted by Gasteiger charge is 2.12. The van der Waals surface area contributed by atoms with Crippen molar-refractivity contribution < 1.29 is 0 Å². The van der Waals surface area contributed by atoms with Gasteiger partial charge in [0.15, 0.2) is 0 Å². The smallest absolute Gasteiger partial charge is 0.201 e. The largest absolute Gasteiger partial charge is 0.242 e. The molecular formula is C26H14N8. The van der Waals surface area contributed by atoms with E-state index in [0.29, 0.717) is 23.0 Å². The maximum absolute atomic E-state index is 4.88. The maximum Gasteiger partial charge on any atom is 0.201 e. The van der Waals surface area contributed by atoms with Gasteiger partial charge in [0, 0.05) is 10.8 Å². The van der Waals surface area contributed by atoms with E-state index in [-0.39, 0.29) is 0 Å². The van der Waals surface area contributed by atoms with Gasteiger partial charge in [0.25, 0.3) is 0 Å². The van der Waals surface area contributed by atoms with Crippen molar-refractivity contribution in [3.63, 3.8) is 0 Å². The summed E-state index contributed by atoms with van der Waals surface area (Å²) in [5.74, 6) is 0.937. The van der Waals surface area contributed by atoms with Crippen LogP contribution in [0.25, 0.3) is 66.9 Å². The maximum atomic E-state index is 4.88. The zero-order chi connectivity index (χ0) is 22.5. The Balaban J connectivity index is 1.41. The summed E-state index contributed by atoms with van der Waals surface area (Å²) in [5.41, 5.74) is 5.80. The zero-order valence-electron chi connectivity index (χ0n) is 17.7. The van der Waals surface area contributed by atoms with Gasteiger partial charge in [-0.15, -0.1) is 20.4 Å². The van der Waals surface area contributed by atoms with E-state index in [2.05, 4.69) is 30.4 Å². The first-order valence-corrected chi connectivity index (χ1v) is 10.7. The average Bonchev–Trinajstić information content (AvgIpc) is 2.92. The van der Waals surface area contributed by atoms with Crippen molar-refractivity contribution in [1.82, 2.24) is 40.3 Å². The van der Waals surface area contributed by atoms with Crippen LogP contribution >= 0.6 is 0 Å². The minimum absolute atomic E-state index is 0.468. The molecule has 0 aliphatic heterocycles. The Kier molecular flexibility index (Phi) is 3.98. The fourth-order valence-electron chi connectivity index (χ4n) is 4.00. The molecule has 34 heavy (non-hydrogen) atoms. The van der Waals surface area contributed by atoms with Crippen LogP contribution in [0.1, 0.15) is 0 Å². The molecule has 8 heteroatoms. The lowest BCUT2D eigenvalue weighted by molar-refractivity contribution is 1.02. The first-order chi connectivity index (χ1) is 16.8. The molecule has 0 saturated carbocycles. The summed E-state index contributed by atoms with van der Waals surface area (Å²) in [5, 5.41) is 19.1. The summed E-state index contributed by atoms with van der Waals surface area (Å²) in [6, 6.07) is 27.1. The number of hydrogen-bond donors (Lipinski definition) is 0. The van der Waals surface area contributed by atoms with Crippen LogP contribution in [0.2, 0.25) is 0 Å². The van der Waals surface area contributed by atoms with Crippen molar-refractivity contribution in [2.24, 2.45) is 0 Å². The lowest BCUT2D eigenvalue weighted by atomic mass is 10.1. The SMILES string of the molecule is c1ccc2nc(-c3ccc4ccc5ccc(-c6nnc7ccccc7n6)nc5c4n3)nnc2c1. The van der Waals surface area contributed by atoms with Gasteiger partial charge in [-0.3, -0.25) is 0 Å². The monoisotopic (exact) mass is 438 g/mol. The number of hydrogen-bond acceptors (Lipinski definition) is 8. The second kappa shape index (κ2) is 7.28. The third kappa shape index (κ3) is 3.01. The van der Waals surface area contributed by atoms with Gasteiger partial charge in [0.1, 0.15) is 22.4 Å². The summed E-state index contributed by atoms with van der Waals surface area (Å²) in [4.78, 5) is 19.0. The Labute approximate surface area is 192 Å². The van der Waals surface area contributed by atoms with E-state index >= 15 is 0 Å². The molecule has 8 nitrogen and oxygen atoms in total. The number of para-hydroxylation sites is 2. The molecular weight excluding hydrogens is 424 g/mol. The van der Waals surface area contributed by atoms with E-state index in [1.54, 1.807) is 0 Å². The highest BCUT2D eigenvalue weighted by atomic mass is 15.2. The number of benzene rings is 3. The summed E-state index contributed by atoms with van der Waals surface area (Å²) in [6.07, 6.45) is 0. The van der Waals surface area contributed by atoms with E-state index in [4.69, 9.17) is 9.97 Å². The summed E-state index contributed by atoms with van der Waals surface area (Å²) < 4.78 is 0. The van der Waals surface area contributed by atoms with Crippen molar-refractivity contribution in [3.8, 4) is 23.0 Å². The number of nitrogens with zero attached hydrogens (tertiary/aromatic N) is 8. The molecule has 0 saturated heterocycles. The quantitative estimate of drug-likeness (QED) is 0.355. The zero-order valence-corrected chi connectivity index (χ0v) is 17.7. The minimum Gasteiger partial charge on any atom is -0.242 e. The van der Waals surface area contributed by atoms with Crippen LogP contribution in [0.15, 0.2) is 84.9 Å². The van der Waals surface area contributed by atoms with E-state index in [9.17, 15) is 0 Å². The molecule has 0 bridgehead atoms. The minimum atomic E-state index is 0.468. The summed E-state index contributed by atoms with van der Waals surface area (Å²) in [7, 11) is 0. The molecule has 0 aliphatic rings. The van der Waals surface area contributed by atoms with Crippen molar-refractivity contribution in [2.45, 2.75) is 0 Å². The summed E-state index contributed by atoms with van der Waals surface area (Å²) in [6.45, 7) is 0. The number of fused-ring (bicyclic) bond motifs is 5. The lowest BCUT2D eigenvalue weighted by Crippen LogP contribution is -1.98. The van der Waals surface area contributed by atoms with Gasteiger partial charge in [-0.1, -0.05) is 48.5 Å². The molecule has 0 aliphatic carbocycles. The highest BCUT2D eigenvalue weighted by molar-refractivity contribution is 6.04. The normalized spacial score (nSPS) is 11.5. The summed E-state index contributed by atoms with van der Waals surface area (Å²) >= 11 is 0. The van der Waals surface area contributed by atoms with Gasteiger partial charge in [-0.2, -0.15) is 0 Å². The van der Waals surface area contributed by atoms with Crippen LogP contribution < -0.4 is 0 Å². The average molecular weight is 438 g/mol. The predicted molar refractivity (Wildman–Crippen MR) is 130 cm³/mol. The third-order valence-corrected chi connectivity index (χ3v) is 5.70. The van der Waals surface area contributed by atoms with E-state index in [1.807, 2.05) is 84.9 Å². The molecule has 4 aromatic heterocycles. The second-order valence-electron chi connectivity index (χ2n) is 7.85. The Morgan fingerprint density at radius 1 is 0.353 bits per heavy atom. The Hall–Kier alpha value is -4.98. The fourth-order valence-corrected chi connectivity index (χ4v) is 4.00. The van der Waals surface area contributed by atoms with Gasteiger partial charge in [-0.05, 0) is 36.4 Å². The molecule has 7 rings (SSSR count). The molecule has 0 spiro atoms. The Bertz CT molecular complexity index is 1750. The van der Waals surface area contributed by atoms with Gasteiger partial charge >= 0.3 is 0 Å². The number of rotatable bonds is 2. The molecule has 0 N–H and O–H groups in total. The van der Waals surface area contributed by atoms with Crippen LogP contribution in [0.5, 0.6) is 0 Å². The number of pyridine rings is 2. The molecule has 0 radical (unpaired) electrons. The molecule has 158 valence electrons. The highest BCUT2D eigenvalue weighted by Crippen LogP contribution is 2.27. The van der Waals surface area contributed by atoms with Crippen molar-refractivity contribution >= 4 is 43.9 Å². The lowest BCUT2D eigenvalue weighted by Gasteiger charge is -2.07. The van der Waals surface area contributed by atoms with Crippen LogP contribution in [-0.4, -0.2) is 40.3 Å². The molecule has 0 amide bonds. The molecule has 0 unspecified atom stereocenters. The van der Waals surface area contributed by atoms with E-state index in [1.165, 1.54) is 0 Å². The van der Waals surface area contributed by atoms with Gasteiger partial charge in [0.2, 0.25) is 11.6 Å². The second-order valence-corrected chi connectivity index (χ2v) is 7.85. The van der Waals surface area contributed by atoms with Crippen LogP contribution in [0.4, 0.5) is 0 Å².